The lowest BCUT2D eigenvalue weighted by atomic mass is 10.0. The van der Waals surface area contributed by atoms with Gasteiger partial charge in [-0.3, -0.25) is 4.98 Å². The second kappa shape index (κ2) is 6.84. The fraction of sp³-hybridized carbons (Fsp3) is 0.545. The summed E-state index contributed by atoms with van der Waals surface area (Å²) in [6, 6.07) is 4.14. The summed E-state index contributed by atoms with van der Waals surface area (Å²) in [5.41, 5.74) is 1.38. The Morgan fingerprint density at radius 3 is 2.08 bits per heavy atom. The van der Waals surface area contributed by atoms with Crippen LogP contribution >= 0.6 is 0 Å². The predicted molar refractivity (Wildman–Crippen MR) is 54.1 cm³/mol. The Hall–Kier alpha value is -0.850. The molecule has 1 nitrogen and oxygen atoms in total. The molecule has 1 aromatic rings. The molecule has 0 aliphatic heterocycles. The van der Waals surface area contributed by atoms with E-state index < -0.39 is 0 Å². The van der Waals surface area contributed by atoms with E-state index in [0.29, 0.717) is 0 Å². The van der Waals surface area contributed by atoms with Gasteiger partial charge in [-0.25, -0.2) is 0 Å². The zero-order valence-electron chi connectivity index (χ0n) is 8.54. The first-order valence-corrected chi connectivity index (χ1v) is 4.68. The van der Waals surface area contributed by atoms with Crippen LogP contribution < -0.4 is 0 Å². The number of rotatable bonds is 2. The molecule has 0 amide bonds. The minimum Gasteiger partial charge on any atom is -0.265 e. The second-order valence-corrected chi connectivity index (χ2v) is 2.95. The van der Waals surface area contributed by atoms with Crippen LogP contribution in [-0.4, -0.2) is 4.98 Å². The van der Waals surface area contributed by atoms with Crippen molar-refractivity contribution in [3.05, 3.63) is 30.1 Å². The molecular weight excluding hydrogens is 146 g/mol. The van der Waals surface area contributed by atoms with Gasteiger partial charge < -0.3 is 0 Å². The van der Waals surface area contributed by atoms with Gasteiger partial charge in [0.1, 0.15) is 0 Å². The van der Waals surface area contributed by atoms with Gasteiger partial charge in [-0.1, -0.05) is 27.7 Å². The Bertz CT molecular complexity index is 179. The molecule has 0 radical (unpaired) electrons. The molecule has 0 spiro atoms. The lowest BCUT2D eigenvalue weighted by Crippen LogP contribution is -1.92. The maximum absolute atomic E-state index is 3.95. The molecule has 68 valence electrons. The summed E-state index contributed by atoms with van der Waals surface area (Å²) in [5, 5.41) is 0. The fourth-order valence-corrected chi connectivity index (χ4v) is 0.990. The van der Waals surface area contributed by atoms with Crippen LogP contribution in [0.15, 0.2) is 24.5 Å². The standard InChI is InChI=1S/C9H13N.C2H6/c1-8(2)7-9-3-5-10-6-4-9;1-2/h3-6,8H,7H2,1-2H3;1-2H3. The van der Waals surface area contributed by atoms with Gasteiger partial charge in [-0.2, -0.15) is 0 Å². The first kappa shape index (κ1) is 11.2. The van der Waals surface area contributed by atoms with Crippen molar-refractivity contribution in [2.45, 2.75) is 34.1 Å². The van der Waals surface area contributed by atoms with E-state index in [1.54, 1.807) is 0 Å². The second-order valence-electron chi connectivity index (χ2n) is 2.95. The van der Waals surface area contributed by atoms with Gasteiger partial charge in [0.2, 0.25) is 0 Å². The molecular formula is C11H19N. The molecule has 0 atom stereocenters. The summed E-state index contributed by atoms with van der Waals surface area (Å²) in [5.74, 6) is 0.738. The molecule has 0 aliphatic rings. The number of nitrogens with zero attached hydrogens (tertiary/aromatic N) is 1. The Balaban J connectivity index is 0.000000561. The van der Waals surface area contributed by atoms with Crippen LogP contribution in [0.3, 0.4) is 0 Å². The average Bonchev–Trinajstić information content (AvgIpc) is 2.08. The normalized spacial score (nSPS) is 9.08. The van der Waals surface area contributed by atoms with Crippen LogP contribution in [0.25, 0.3) is 0 Å². The van der Waals surface area contributed by atoms with Crippen molar-refractivity contribution in [2.24, 2.45) is 5.92 Å². The summed E-state index contributed by atoms with van der Waals surface area (Å²) in [6.07, 6.45) is 4.85. The molecule has 1 heterocycles. The molecule has 1 aromatic heterocycles. The molecule has 0 aliphatic carbocycles. The summed E-state index contributed by atoms with van der Waals surface area (Å²) < 4.78 is 0. The van der Waals surface area contributed by atoms with Crippen molar-refractivity contribution < 1.29 is 0 Å². The van der Waals surface area contributed by atoms with Gasteiger partial charge in [0, 0.05) is 12.4 Å². The van der Waals surface area contributed by atoms with Crippen molar-refractivity contribution in [1.82, 2.24) is 4.98 Å². The Morgan fingerprint density at radius 1 is 1.17 bits per heavy atom. The lowest BCUT2D eigenvalue weighted by molar-refractivity contribution is 0.647. The molecule has 0 saturated carbocycles. The first-order valence-electron chi connectivity index (χ1n) is 4.68. The first-order chi connectivity index (χ1) is 5.79. The molecule has 1 heteroatoms. The highest BCUT2D eigenvalue weighted by molar-refractivity contribution is 5.09. The van der Waals surface area contributed by atoms with Gasteiger partial charge in [0.15, 0.2) is 0 Å². The van der Waals surface area contributed by atoms with E-state index in [9.17, 15) is 0 Å². The Labute approximate surface area is 75.8 Å². The van der Waals surface area contributed by atoms with E-state index in [1.807, 2.05) is 26.2 Å². The summed E-state index contributed by atoms with van der Waals surface area (Å²) >= 11 is 0. The molecule has 1 rings (SSSR count). The third kappa shape index (κ3) is 4.89. The van der Waals surface area contributed by atoms with Crippen molar-refractivity contribution in [1.29, 1.82) is 0 Å². The van der Waals surface area contributed by atoms with E-state index in [4.69, 9.17) is 0 Å². The predicted octanol–water partition coefficient (Wildman–Crippen LogP) is 3.31. The molecule has 0 aromatic carbocycles. The van der Waals surface area contributed by atoms with Crippen LogP contribution in [0.2, 0.25) is 0 Å². The number of aromatic nitrogens is 1. The third-order valence-electron chi connectivity index (χ3n) is 1.39. The number of hydrogen-bond acceptors (Lipinski definition) is 1. The van der Waals surface area contributed by atoms with Crippen LogP contribution in [0.1, 0.15) is 33.3 Å². The topological polar surface area (TPSA) is 12.9 Å². The van der Waals surface area contributed by atoms with Crippen molar-refractivity contribution in [3.8, 4) is 0 Å². The smallest absolute Gasteiger partial charge is 0.0270 e. The van der Waals surface area contributed by atoms with Gasteiger partial charge in [0.25, 0.3) is 0 Å². The highest BCUT2D eigenvalue weighted by atomic mass is 14.6. The molecule has 0 saturated heterocycles. The van der Waals surface area contributed by atoms with Gasteiger partial charge in [-0.05, 0) is 30.0 Å². The van der Waals surface area contributed by atoms with E-state index in [1.165, 1.54) is 5.56 Å². The van der Waals surface area contributed by atoms with Gasteiger partial charge in [-0.15, -0.1) is 0 Å². The van der Waals surface area contributed by atoms with Crippen molar-refractivity contribution in [3.63, 3.8) is 0 Å². The zero-order valence-corrected chi connectivity index (χ0v) is 8.54. The molecule has 0 bridgehead atoms. The molecule has 12 heavy (non-hydrogen) atoms. The summed E-state index contributed by atoms with van der Waals surface area (Å²) in [4.78, 5) is 3.95. The van der Waals surface area contributed by atoms with E-state index in [2.05, 4.69) is 31.0 Å². The minimum atomic E-state index is 0.738. The molecule has 0 fully saturated rings. The van der Waals surface area contributed by atoms with Gasteiger partial charge >= 0.3 is 0 Å². The maximum atomic E-state index is 3.95. The fourth-order valence-electron chi connectivity index (χ4n) is 0.990. The van der Waals surface area contributed by atoms with E-state index in [0.717, 1.165) is 12.3 Å². The Kier molecular flexibility index (Phi) is 6.35. The average molecular weight is 165 g/mol. The maximum Gasteiger partial charge on any atom is 0.0270 e. The Morgan fingerprint density at radius 2 is 1.67 bits per heavy atom. The monoisotopic (exact) mass is 165 g/mol. The zero-order chi connectivity index (χ0) is 9.40. The van der Waals surface area contributed by atoms with Gasteiger partial charge in [0.05, 0.1) is 0 Å². The highest BCUT2D eigenvalue weighted by Gasteiger charge is 1.94. The van der Waals surface area contributed by atoms with Crippen molar-refractivity contribution in [2.75, 3.05) is 0 Å². The highest BCUT2D eigenvalue weighted by Crippen LogP contribution is 2.04. The van der Waals surface area contributed by atoms with E-state index in [-0.39, 0.29) is 0 Å². The quantitative estimate of drug-likeness (QED) is 0.655. The van der Waals surface area contributed by atoms with Crippen LogP contribution in [0.4, 0.5) is 0 Å². The van der Waals surface area contributed by atoms with E-state index >= 15 is 0 Å². The summed E-state index contributed by atoms with van der Waals surface area (Å²) in [7, 11) is 0. The largest absolute Gasteiger partial charge is 0.265 e. The SMILES string of the molecule is CC.CC(C)Cc1ccncc1. The van der Waals surface area contributed by atoms with Crippen LogP contribution in [0.5, 0.6) is 0 Å². The number of hydrogen-bond donors (Lipinski definition) is 0. The number of pyridine rings is 1. The minimum absolute atomic E-state index is 0.738. The molecule has 0 unspecified atom stereocenters. The van der Waals surface area contributed by atoms with Crippen molar-refractivity contribution >= 4 is 0 Å². The third-order valence-corrected chi connectivity index (χ3v) is 1.39. The van der Waals surface area contributed by atoms with Crippen LogP contribution in [-0.2, 0) is 6.42 Å². The summed E-state index contributed by atoms with van der Waals surface area (Å²) in [6.45, 7) is 8.45. The van der Waals surface area contributed by atoms with Crippen LogP contribution in [0, 0.1) is 5.92 Å². The lowest BCUT2D eigenvalue weighted by Gasteiger charge is -2.02. The molecule has 0 N–H and O–H groups in total.